The Kier molecular flexibility index (Phi) is 8.48. The van der Waals surface area contributed by atoms with Crippen LogP contribution in [-0.2, 0) is 28.7 Å². The number of nitrogens with zero attached hydrogens (tertiary/aromatic N) is 2. The molecule has 7 atom stereocenters. The zero-order chi connectivity index (χ0) is 31.7. The van der Waals surface area contributed by atoms with Gasteiger partial charge in [0.25, 0.3) is 5.91 Å². The van der Waals surface area contributed by atoms with Gasteiger partial charge in [0.2, 0.25) is 11.8 Å². The third-order valence-corrected chi connectivity index (χ3v) is 9.11. The number of allylic oxidation sites excluding steroid dienone is 1. The number of rotatable bonds is 5. The van der Waals surface area contributed by atoms with E-state index in [1.807, 2.05) is 42.5 Å². The average Bonchev–Trinajstić information content (AvgIpc) is 3.71. The predicted octanol–water partition coefficient (Wildman–Crippen LogP) is 2.31. The number of hydrogen-bond acceptors (Lipinski definition) is 8. The van der Waals surface area contributed by atoms with Gasteiger partial charge in [0.05, 0.1) is 38.3 Å². The minimum absolute atomic E-state index is 0.0518. The van der Waals surface area contributed by atoms with E-state index in [0.29, 0.717) is 23.4 Å². The first-order chi connectivity index (χ1) is 21.8. The number of benzene rings is 2. The highest BCUT2D eigenvalue weighted by Gasteiger charge is 2.74. The second-order valence-electron chi connectivity index (χ2n) is 11.8. The molecule has 11 nitrogen and oxygen atoms in total. The number of likely N-dealkylation sites (tertiary alicyclic amines) is 1. The molecule has 2 N–H and O–H groups in total. The molecule has 5 bridgehead atoms. The number of fused-ring (bicyclic) bond motifs is 2. The summed E-state index contributed by atoms with van der Waals surface area (Å²) in [6, 6.07) is 14.2. The Morgan fingerprint density at radius 1 is 1.04 bits per heavy atom. The zero-order valence-electron chi connectivity index (χ0n) is 25.2. The summed E-state index contributed by atoms with van der Waals surface area (Å²) in [4.78, 5) is 58.6. The van der Waals surface area contributed by atoms with Gasteiger partial charge >= 0.3 is 5.97 Å². The number of hydrogen-bond donors (Lipinski definition) is 2. The first-order valence-electron chi connectivity index (χ1n) is 15.2. The second kappa shape index (κ2) is 12.5. The molecule has 0 aromatic heterocycles. The molecule has 3 amide bonds. The van der Waals surface area contributed by atoms with E-state index in [4.69, 9.17) is 14.2 Å². The molecule has 2 saturated heterocycles. The molecular formula is C34H37N3O8. The summed E-state index contributed by atoms with van der Waals surface area (Å²) in [6.45, 7) is 1.47. The van der Waals surface area contributed by atoms with Crippen LogP contribution in [-0.4, -0.2) is 84.3 Å². The summed E-state index contributed by atoms with van der Waals surface area (Å²) >= 11 is 0. The number of methoxy groups -OCH3 is 1. The van der Waals surface area contributed by atoms with E-state index < -0.39 is 66.1 Å². The Morgan fingerprint density at radius 3 is 2.51 bits per heavy atom. The molecule has 45 heavy (non-hydrogen) atoms. The van der Waals surface area contributed by atoms with Crippen LogP contribution in [0.3, 0.4) is 0 Å². The number of amides is 3. The van der Waals surface area contributed by atoms with Gasteiger partial charge in [-0.15, -0.1) is 0 Å². The van der Waals surface area contributed by atoms with E-state index in [2.05, 4.69) is 5.32 Å². The standard InChI is InChI=1S/C34H37N3O8/c1-21(20-38)37-30-32(41)36(23-12-14-24(43-2)15-13-23)18-8-4-7-11-27(39)35-19-26(22-9-5-3-6-10-22)44-33(42)28-25-16-17-34(30,45-25)29(28)31(37)40/h3-6,8-10,12-17,21,25-26,28-30,38H,7,11,18-20H2,1-2H3,(H,35,39)/b8-4-/t21-,25-,26-,28+,29+,30-,34+/m1/s1. The summed E-state index contributed by atoms with van der Waals surface area (Å²) in [5.74, 6) is -3.21. The lowest BCUT2D eigenvalue weighted by atomic mass is 9.74. The van der Waals surface area contributed by atoms with Crippen LogP contribution in [0.1, 0.15) is 31.4 Å². The smallest absolute Gasteiger partial charge is 0.313 e. The van der Waals surface area contributed by atoms with Crippen LogP contribution >= 0.6 is 0 Å². The van der Waals surface area contributed by atoms with Gasteiger partial charge in [-0.3, -0.25) is 19.2 Å². The van der Waals surface area contributed by atoms with Gasteiger partial charge in [0.1, 0.15) is 29.4 Å². The minimum Gasteiger partial charge on any atom is -0.497 e. The van der Waals surface area contributed by atoms with E-state index in [0.717, 1.165) is 0 Å². The largest absolute Gasteiger partial charge is 0.497 e. The Bertz CT molecular complexity index is 1510. The second-order valence-corrected chi connectivity index (χ2v) is 11.8. The van der Waals surface area contributed by atoms with Crippen molar-refractivity contribution in [3.05, 3.63) is 84.5 Å². The van der Waals surface area contributed by atoms with Crippen LogP contribution in [0.2, 0.25) is 0 Å². The number of carbonyl (C=O) groups is 4. The predicted molar refractivity (Wildman–Crippen MR) is 163 cm³/mol. The molecule has 0 unspecified atom stereocenters. The van der Waals surface area contributed by atoms with E-state index in [1.54, 1.807) is 55.4 Å². The molecule has 2 aromatic rings. The fourth-order valence-corrected chi connectivity index (χ4v) is 6.87. The molecule has 2 fully saturated rings. The van der Waals surface area contributed by atoms with Gasteiger partial charge in [0.15, 0.2) is 0 Å². The molecule has 1 spiro atoms. The zero-order valence-corrected chi connectivity index (χ0v) is 25.2. The van der Waals surface area contributed by atoms with E-state index in [-0.39, 0.29) is 25.4 Å². The van der Waals surface area contributed by atoms with Crippen LogP contribution in [0.4, 0.5) is 5.69 Å². The SMILES string of the molecule is COc1ccc(N2C/C=C\CCC(=O)NC[C@H](c3ccccc3)OC(=O)[C@@H]3[C@H]4C(=O)N([C@H](C)CO)[C@H](C2=O)[C@]42C=C[C@H]3O2)cc1. The van der Waals surface area contributed by atoms with Crippen LogP contribution in [0.15, 0.2) is 78.9 Å². The molecule has 0 radical (unpaired) electrons. The topological polar surface area (TPSA) is 135 Å². The Hall–Kier alpha value is -4.48. The van der Waals surface area contributed by atoms with Crippen molar-refractivity contribution in [3.8, 4) is 5.75 Å². The van der Waals surface area contributed by atoms with Crippen molar-refractivity contribution in [1.29, 1.82) is 0 Å². The average molecular weight is 616 g/mol. The lowest BCUT2D eigenvalue weighted by Crippen LogP contribution is -2.58. The van der Waals surface area contributed by atoms with Crippen LogP contribution < -0.4 is 15.0 Å². The lowest BCUT2D eigenvalue weighted by molar-refractivity contribution is -0.160. The van der Waals surface area contributed by atoms with Gasteiger partial charge in [-0.25, -0.2) is 0 Å². The number of nitrogens with one attached hydrogen (secondary N) is 1. The van der Waals surface area contributed by atoms with Gasteiger partial charge in [-0.2, -0.15) is 0 Å². The fraction of sp³-hybridized carbons (Fsp3) is 0.412. The summed E-state index contributed by atoms with van der Waals surface area (Å²) in [7, 11) is 1.55. The maximum atomic E-state index is 14.7. The normalized spacial score (nSPS) is 31.4. The highest BCUT2D eigenvalue weighted by Crippen LogP contribution is 2.56. The lowest BCUT2D eigenvalue weighted by Gasteiger charge is -2.37. The monoisotopic (exact) mass is 615 g/mol. The molecule has 0 saturated carbocycles. The van der Waals surface area contributed by atoms with Crippen molar-refractivity contribution in [2.75, 3.05) is 31.7 Å². The molecular weight excluding hydrogens is 578 g/mol. The number of esters is 1. The summed E-state index contributed by atoms with van der Waals surface area (Å²) in [5, 5.41) is 13.1. The van der Waals surface area contributed by atoms with Gasteiger partial charge in [-0.1, -0.05) is 54.6 Å². The highest BCUT2D eigenvalue weighted by molar-refractivity contribution is 6.05. The summed E-state index contributed by atoms with van der Waals surface area (Å²) in [6.07, 6.45) is 6.12. The van der Waals surface area contributed by atoms with Crippen molar-refractivity contribution < 1.29 is 38.5 Å². The number of aliphatic hydroxyl groups is 1. The fourth-order valence-electron chi connectivity index (χ4n) is 6.87. The maximum absolute atomic E-state index is 14.7. The Balaban J connectivity index is 1.43. The first kappa shape index (κ1) is 30.5. The van der Waals surface area contributed by atoms with Crippen LogP contribution in [0, 0.1) is 11.8 Å². The highest BCUT2D eigenvalue weighted by atomic mass is 16.6. The summed E-state index contributed by atoms with van der Waals surface area (Å²) < 4.78 is 17.8. The van der Waals surface area contributed by atoms with E-state index in [9.17, 15) is 24.3 Å². The number of aliphatic hydroxyl groups excluding tert-OH is 1. The van der Waals surface area contributed by atoms with Crippen LogP contribution in [0.5, 0.6) is 5.75 Å². The molecule has 4 aliphatic rings. The van der Waals surface area contributed by atoms with Gasteiger partial charge in [0, 0.05) is 18.7 Å². The maximum Gasteiger partial charge on any atom is 0.313 e. The van der Waals surface area contributed by atoms with Crippen molar-refractivity contribution in [3.63, 3.8) is 0 Å². The quantitative estimate of drug-likeness (QED) is 0.387. The molecule has 4 aliphatic heterocycles. The third-order valence-electron chi connectivity index (χ3n) is 9.11. The summed E-state index contributed by atoms with van der Waals surface area (Å²) in [5.41, 5.74) is -0.192. The molecule has 0 aliphatic carbocycles. The molecule has 6 rings (SSSR count). The van der Waals surface area contributed by atoms with Crippen LogP contribution in [0.25, 0.3) is 0 Å². The first-order valence-corrected chi connectivity index (χ1v) is 15.2. The van der Waals surface area contributed by atoms with Gasteiger partial charge in [-0.05, 0) is 43.2 Å². The molecule has 11 heteroatoms. The number of ether oxygens (including phenoxy) is 3. The minimum atomic E-state index is -1.44. The molecule has 236 valence electrons. The Morgan fingerprint density at radius 2 is 1.80 bits per heavy atom. The van der Waals surface area contributed by atoms with Gasteiger partial charge < -0.3 is 34.4 Å². The molecule has 2 aromatic carbocycles. The number of carbonyl (C=O) groups excluding carboxylic acids is 4. The number of cyclic esters (lactones) is 1. The third kappa shape index (κ3) is 5.40. The van der Waals surface area contributed by atoms with Crippen molar-refractivity contribution in [1.82, 2.24) is 10.2 Å². The number of anilines is 1. The van der Waals surface area contributed by atoms with E-state index in [1.165, 1.54) is 4.90 Å². The Labute approximate surface area is 261 Å². The van der Waals surface area contributed by atoms with Crippen molar-refractivity contribution in [2.45, 2.75) is 49.7 Å². The van der Waals surface area contributed by atoms with Crippen molar-refractivity contribution in [2.24, 2.45) is 11.8 Å². The molecule has 4 heterocycles. The van der Waals surface area contributed by atoms with Crippen molar-refractivity contribution >= 4 is 29.4 Å². The van der Waals surface area contributed by atoms with E-state index >= 15 is 0 Å².